The van der Waals surface area contributed by atoms with Crippen LogP contribution in [0.4, 0.5) is 10.5 Å². The zero-order valence-corrected chi connectivity index (χ0v) is 14.9. The standard InChI is InChI=1S/C19H23NO5/c1-5-24-16-8-7-15(17(11-16)20(22)19(21)23-4)12-25-18-9-6-13(2)10-14(18)3/h6-11,22H,5,12H2,1-4H3. The number of ether oxygens (including phenoxy) is 3. The molecule has 0 fully saturated rings. The highest BCUT2D eigenvalue weighted by molar-refractivity contribution is 5.86. The van der Waals surface area contributed by atoms with Gasteiger partial charge in [0.25, 0.3) is 0 Å². The Balaban J connectivity index is 2.27. The van der Waals surface area contributed by atoms with Gasteiger partial charge in [0.05, 0.1) is 19.4 Å². The van der Waals surface area contributed by atoms with Gasteiger partial charge in [-0.1, -0.05) is 17.7 Å². The fourth-order valence-corrected chi connectivity index (χ4v) is 2.42. The first-order chi connectivity index (χ1) is 12.0. The van der Waals surface area contributed by atoms with Crippen LogP contribution in [0.5, 0.6) is 11.5 Å². The van der Waals surface area contributed by atoms with Crippen molar-refractivity contribution in [2.45, 2.75) is 27.4 Å². The molecule has 0 aliphatic rings. The van der Waals surface area contributed by atoms with Crippen LogP contribution in [0.2, 0.25) is 0 Å². The van der Waals surface area contributed by atoms with Gasteiger partial charge in [0, 0.05) is 11.6 Å². The number of aryl methyl sites for hydroxylation is 2. The number of benzene rings is 2. The molecule has 0 saturated carbocycles. The molecule has 0 aliphatic carbocycles. The van der Waals surface area contributed by atoms with Crippen molar-refractivity contribution in [1.29, 1.82) is 0 Å². The third kappa shape index (κ3) is 4.64. The van der Waals surface area contributed by atoms with Gasteiger partial charge in [0.15, 0.2) is 0 Å². The van der Waals surface area contributed by atoms with E-state index < -0.39 is 6.09 Å². The summed E-state index contributed by atoms with van der Waals surface area (Å²) in [7, 11) is 1.20. The number of methoxy groups -OCH3 is 1. The van der Waals surface area contributed by atoms with Crippen LogP contribution in [0.25, 0.3) is 0 Å². The second-order valence-corrected chi connectivity index (χ2v) is 5.56. The van der Waals surface area contributed by atoms with Gasteiger partial charge in [-0.25, -0.2) is 4.79 Å². The molecule has 1 N–H and O–H groups in total. The van der Waals surface area contributed by atoms with Crippen molar-refractivity contribution in [3.05, 3.63) is 53.1 Å². The van der Waals surface area contributed by atoms with Crippen molar-refractivity contribution in [3.63, 3.8) is 0 Å². The van der Waals surface area contributed by atoms with E-state index in [-0.39, 0.29) is 12.3 Å². The fourth-order valence-electron chi connectivity index (χ4n) is 2.42. The Morgan fingerprint density at radius 2 is 1.88 bits per heavy atom. The molecule has 0 aromatic heterocycles. The zero-order valence-electron chi connectivity index (χ0n) is 14.9. The van der Waals surface area contributed by atoms with Gasteiger partial charge in [-0.3, -0.25) is 5.21 Å². The minimum absolute atomic E-state index is 0.180. The molecule has 0 heterocycles. The molecule has 0 radical (unpaired) electrons. The lowest BCUT2D eigenvalue weighted by Gasteiger charge is -2.19. The van der Waals surface area contributed by atoms with Crippen LogP contribution in [-0.2, 0) is 11.3 Å². The Bertz CT molecular complexity index is 745. The Labute approximate surface area is 147 Å². The summed E-state index contributed by atoms with van der Waals surface area (Å²) in [6.07, 6.45) is -0.888. The summed E-state index contributed by atoms with van der Waals surface area (Å²) in [4.78, 5) is 11.7. The van der Waals surface area contributed by atoms with Crippen molar-refractivity contribution in [1.82, 2.24) is 0 Å². The maximum absolute atomic E-state index is 11.7. The van der Waals surface area contributed by atoms with Crippen LogP contribution in [0, 0.1) is 13.8 Å². The molecule has 0 unspecified atom stereocenters. The molecular formula is C19H23NO5. The van der Waals surface area contributed by atoms with Crippen LogP contribution >= 0.6 is 0 Å². The first-order valence-corrected chi connectivity index (χ1v) is 7.99. The van der Waals surface area contributed by atoms with E-state index in [2.05, 4.69) is 4.74 Å². The Hall–Kier alpha value is -2.73. The quantitative estimate of drug-likeness (QED) is 0.626. The van der Waals surface area contributed by atoms with Gasteiger partial charge in [-0.05, 0) is 44.5 Å². The smallest absolute Gasteiger partial charge is 0.438 e. The number of rotatable bonds is 6. The fraction of sp³-hybridized carbons (Fsp3) is 0.316. The largest absolute Gasteiger partial charge is 0.494 e. The van der Waals surface area contributed by atoms with Crippen molar-refractivity contribution in [2.75, 3.05) is 18.8 Å². The topological polar surface area (TPSA) is 68.2 Å². The lowest BCUT2D eigenvalue weighted by Crippen LogP contribution is -2.28. The summed E-state index contributed by atoms with van der Waals surface area (Å²) in [5, 5.41) is 10.5. The summed E-state index contributed by atoms with van der Waals surface area (Å²) in [5.41, 5.74) is 3.04. The van der Waals surface area contributed by atoms with E-state index in [0.29, 0.717) is 23.0 Å². The molecule has 25 heavy (non-hydrogen) atoms. The summed E-state index contributed by atoms with van der Waals surface area (Å²) in [6.45, 7) is 6.49. The van der Waals surface area contributed by atoms with Crippen molar-refractivity contribution in [2.24, 2.45) is 0 Å². The predicted octanol–water partition coefficient (Wildman–Crippen LogP) is 4.24. The third-order valence-electron chi connectivity index (χ3n) is 3.66. The first kappa shape index (κ1) is 18.6. The van der Waals surface area contributed by atoms with E-state index in [1.807, 2.05) is 39.0 Å². The monoisotopic (exact) mass is 345 g/mol. The molecule has 0 saturated heterocycles. The number of nitrogens with zero attached hydrogens (tertiary/aromatic N) is 1. The maximum Gasteiger partial charge on any atom is 0.438 e. The number of carbonyl (C=O) groups excluding carboxylic acids is 1. The summed E-state index contributed by atoms with van der Waals surface area (Å²) < 4.78 is 15.9. The molecule has 0 aliphatic heterocycles. The molecule has 0 bridgehead atoms. The van der Waals surface area contributed by atoms with Gasteiger partial charge in [0.2, 0.25) is 0 Å². The van der Waals surface area contributed by atoms with E-state index in [1.54, 1.807) is 18.2 Å². The normalized spacial score (nSPS) is 10.3. The Morgan fingerprint density at radius 1 is 1.12 bits per heavy atom. The van der Waals surface area contributed by atoms with Crippen LogP contribution in [-0.4, -0.2) is 25.0 Å². The number of carbonyl (C=O) groups is 1. The molecule has 2 aromatic carbocycles. The highest BCUT2D eigenvalue weighted by Crippen LogP contribution is 2.28. The molecule has 2 aromatic rings. The average Bonchev–Trinajstić information content (AvgIpc) is 2.60. The molecule has 0 spiro atoms. The minimum Gasteiger partial charge on any atom is -0.494 e. The lowest BCUT2D eigenvalue weighted by molar-refractivity contribution is 0.140. The van der Waals surface area contributed by atoms with Gasteiger partial charge in [-0.15, -0.1) is 0 Å². The summed E-state index contributed by atoms with van der Waals surface area (Å²) >= 11 is 0. The molecule has 1 amide bonds. The zero-order chi connectivity index (χ0) is 18.4. The molecule has 6 heteroatoms. The Kier molecular flexibility index (Phi) is 6.25. The minimum atomic E-state index is -0.888. The van der Waals surface area contributed by atoms with Gasteiger partial charge >= 0.3 is 6.09 Å². The molecule has 2 rings (SSSR count). The van der Waals surface area contributed by atoms with Crippen LogP contribution in [0.1, 0.15) is 23.6 Å². The first-order valence-electron chi connectivity index (χ1n) is 7.99. The highest BCUT2D eigenvalue weighted by Gasteiger charge is 2.19. The number of anilines is 1. The SMILES string of the molecule is CCOc1ccc(COc2ccc(C)cc2C)c(N(O)C(=O)OC)c1. The molecular weight excluding hydrogens is 322 g/mol. The summed E-state index contributed by atoms with van der Waals surface area (Å²) in [6, 6.07) is 11.0. The van der Waals surface area contributed by atoms with E-state index in [4.69, 9.17) is 9.47 Å². The number of hydrogen-bond acceptors (Lipinski definition) is 5. The van der Waals surface area contributed by atoms with Crippen LogP contribution in [0.3, 0.4) is 0 Å². The van der Waals surface area contributed by atoms with Gasteiger partial charge in [-0.2, -0.15) is 5.06 Å². The number of hydrogen-bond donors (Lipinski definition) is 1. The maximum atomic E-state index is 11.7. The van der Waals surface area contributed by atoms with Crippen molar-refractivity contribution >= 4 is 11.8 Å². The predicted molar refractivity (Wildman–Crippen MR) is 94.5 cm³/mol. The van der Waals surface area contributed by atoms with Crippen LogP contribution in [0.15, 0.2) is 36.4 Å². The summed E-state index contributed by atoms with van der Waals surface area (Å²) in [5.74, 6) is 1.28. The average molecular weight is 345 g/mol. The highest BCUT2D eigenvalue weighted by atomic mass is 16.6. The molecule has 134 valence electrons. The third-order valence-corrected chi connectivity index (χ3v) is 3.66. The second kappa shape index (κ2) is 8.39. The van der Waals surface area contributed by atoms with Gasteiger partial charge < -0.3 is 14.2 Å². The van der Waals surface area contributed by atoms with Crippen molar-refractivity contribution in [3.8, 4) is 11.5 Å². The molecule has 6 nitrogen and oxygen atoms in total. The van der Waals surface area contributed by atoms with E-state index in [0.717, 1.165) is 16.9 Å². The van der Waals surface area contributed by atoms with Crippen molar-refractivity contribution < 1.29 is 24.2 Å². The number of hydroxylamine groups is 1. The lowest BCUT2D eigenvalue weighted by atomic mass is 10.1. The Morgan fingerprint density at radius 3 is 2.52 bits per heavy atom. The van der Waals surface area contributed by atoms with E-state index in [9.17, 15) is 10.0 Å². The van der Waals surface area contributed by atoms with Crippen LogP contribution < -0.4 is 14.5 Å². The van der Waals surface area contributed by atoms with Gasteiger partial charge in [0.1, 0.15) is 18.1 Å². The molecule has 0 atom stereocenters. The number of amides is 1. The van der Waals surface area contributed by atoms with E-state index >= 15 is 0 Å². The van der Waals surface area contributed by atoms with E-state index in [1.165, 1.54) is 7.11 Å². The second-order valence-electron chi connectivity index (χ2n) is 5.56.